The average molecular weight is 296 g/mol. The molecule has 0 aliphatic heterocycles. The minimum atomic E-state index is -3.49. The number of nitrogens with one attached hydrogen (secondary N) is 1. The van der Waals surface area contributed by atoms with Crippen molar-refractivity contribution in [1.82, 2.24) is 4.72 Å². The van der Waals surface area contributed by atoms with Gasteiger partial charge in [-0.05, 0) is 44.2 Å². The van der Waals surface area contributed by atoms with Crippen LogP contribution in [-0.4, -0.2) is 21.0 Å². The number of nitrogens with two attached hydrogens (primary N) is 1. The van der Waals surface area contributed by atoms with Gasteiger partial charge in [-0.3, -0.25) is 0 Å². The lowest BCUT2D eigenvalue weighted by Crippen LogP contribution is -2.44. The maximum Gasteiger partial charge on any atom is 0.241 e. The zero-order valence-corrected chi connectivity index (χ0v) is 13.0. The summed E-state index contributed by atoms with van der Waals surface area (Å²) in [7, 11) is -3.49. The maximum absolute atomic E-state index is 12.5. The van der Waals surface area contributed by atoms with Gasteiger partial charge in [-0.15, -0.1) is 0 Å². The van der Waals surface area contributed by atoms with Gasteiger partial charge >= 0.3 is 0 Å². The molecule has 20 heavy (non-hydrogen) atoms. The number of aryl methyl sites for hydroxylation is 2. The van der Waals surface area contributed by atoms with Gasteiger partial charge in [-0.25, -0.2) is 13.1 Å². The molecule has 1 aliphatic carbocycles. The van der Waals surface area contributed by atoms with Crippen molar-refractivity contribution in [3.05, 3.63) is 29.3 Å². The first-order valence-electron chi connectivity index (χ1n) is 7.23. The number of rotatable bonds is 5. The Bertz CT molecular complexity index is 563. The van der Waals surface area contributed by atoms with Gasteiger partial charge in [0.25, 0.3) is 0 Å². The van der Waals surface area contributed by atoms with E-state index in [2.05, 4.69) is 4.72 Å². The minimum absolute atomic E-state index is 0.150. The zero-order valence-electron chi connectivity index (χ0n) is 12.2. The third-order valence-corrected chi connectivity index (χ3v) is 5.80. The Labute approximate surface area is 121 Å². The lowest BCUT2D eigenvalue weighted by Gasteiger charge is -2.23. The van der Waals surface area contributed by atoms with Crippen LogP contribution in [0.5, 0.6) is 0 Å². The molecule has 1 aliphatic rings. The van der Waals surface area contributed by atoms with E-state index in [1.807, 2.05) is 26.0 Å². The van der Waals surface area contributed by atoms with E-state index in [0.29, 0.717) is 17.4 Å². The summed E-state index contributed by atoms with van der Waals surface area (Å²) in [6, 6.07) is 5.24. The number of hydrogen-bond acceptors (Lipinski definition) is 3. The largest absolute Gasteiger partial charge is 0.329 e. The maximum atomic E-state index is 12.5. The Morgan fingerprint density at radius 3 is 2.50 bits per heavy atom. The van der Waals surface area contributed by atoms with Gasteiger partial charge in [-0.1, -0.05) is 30.5 Å². The predicted octanol–water partition coefficient (Wildman–Crippen LogP) is 2.10. The molecule has 5 heteroatoms. The van der Waals surface area contributed by atoms with Gasteiger partial charge in [0.15, 0.2) is 0 Å². The molecule has 0 radical (unpaired) electrons. The molecule has 112 valence electrons. The molecular formula is C15H24N2O2S. The van der Waals surface area contributed by atoms with Crippen LogP contribution in [0.4, 0.5) is 0 Å². The van der Waals surface area contributed by atoms with Crippen LogP contribution in [-0.2, 0) is 10.0 Å². The summed E-state index contributed by atoms with van der Waals surface area (Å²) in [5.74, 6) is 0.375. The van der Waals surface area contributed by atoms with Crippen LogP contribution < -0.4 is 10.5 Å². The van der Waals surface area contributed by atoms with Crippen LogP contribution in [0, 0.1) is 19.8 Å². The van der Waals surface area contributed by atoms with E-state index in [4.69, 9.17) is 5.73 Å². The van der Waals surface area contributed by atoms with Crippen molar-refractivity contribution in [3.8, 4) is 0 Å². The van der Waals surface area contributed by atoms with Gasteiger partial charge in [0.1, 0.15) is 0 Å². The number of hydrogen-bond donors (Lipinski definition) is 2. The molecule has 1 unspecified atom stereocenters. The Morgan fingerprint density at radius 1 is 1.30 bits per heavy atom. The number of benzene rings is 1. The van der Waals surface area contributed by atoms with Crippen LogP contribution in [0.25, 0.3) is 0 Å². The summed E-state index contributed by atoms with van der Waals surface area (Å²) in [6.45, 7) is 4.14. The summed E-state index contributed by atoms with van der Waals surface area (Å²) < 4.78 is 27.9. The molecule has 0 heterocycles. The second-order valence-corrected chi connectivity index (χ2v) is 7.46. The summed E-state index contributed by atoms with van der Waals surface area (Å²) in [6.07, 6.45) is 4.48. The molecule has 3 N–H and O–H groups in total. The molecule has 0 bridgehead atoms. The summed E-state index contributed by atoms with van der Waals surface area (Å²) in [5, 5.41) is 0. The minimum Gasteiger partial charge on any atom is -0.329 e. The molecule has 0 saturated heterocycles. The first-order valence-corrected chi connectivity index (χ1v) is 8.72. The monoisotopic (exact) mass is 296 g/mol. The van der Waals surface area contributed by atoms with Crippen molar-refractivity contribution in [2.24, 2.45) is 11.7 Å². The first-order chi connectivity index (χ1) is 9.44. The van der Waals surface area contributed by atoms with Crippen LogP contribution in [0.3, 0.4) is 0 Å². The van der Waals surface area contributed by atoms with E-state index < -0.39 is 10.0 Å². The van der Waals surface area contributed by atoms with Crippen molar-refractivity contribution < 1.29 is 8.42 Å². The van der Waals surface area contributed by atoms with Crippen molar-refractivity contribution in [1.29, 1.82) is 0 Å². The number of sulfonamides is 1. The molecule has 0 amide bonds. The Kier molecular flexibility index (Phi) is 4.83. The van der Waals surface area contributed by atoms with Crippen LogP contribution in [0.15, 0.2) is 23.1 Å². The van der Waals surface area contributed by atoms with Crippen molar-refractivity contribution in [2.75, 3.05) is 6.54 Å². The van der Waals surface area contributed by atoms with Gasteiger partial charge in [-0.2, -0.15) is 0 Å². The Morgan fingerprint density at radius 2 is 1.95 bits per heavy atom. The molecule has 1 fully saturated rings. The average Bonchev–Trinajstić information content (AvgIpc) is 2.89. The first kappa shape index (κ1) is 15.5. The van der Waals surface area contributed by atoms with E-state index in [1.54, 1.807) is 6.07 Å². The topological polar surface area (TPSA) is 72.2 Å². The zero-order chi connectivity index (χ0) is 14.8. The molecule has 2 rings (SSSR count). The van der Waals surface area contributed by atoms with E-state index >= 15 is 0 Å². The fraction of sp³-hybridized carbons (Fsp3) is 0.600. The molecule has 4 nitrogen and oxygen atoms in total. The van der Waals surface area contributed by atoms with Crippen molar-refractivity contribution in [3.63, 3.8) is 0 Å². The third-order valence-electron chi connectivity index (χ3n) is 4.15. The molecule has 1 atom stereocenters. The summed E-state index contributed by atoms with van der Waals surface area (Å²) >= 11 is 0. The van der Waals surface area contributed by atoms with Crippen LogP contribution in [0.2, 0.25) is 0 Å². The van der Waals surface area contributed by atoms with Gasteiger partial charge < -0.3 is 5.73 Å². The SMILES string of the molecule is Cc1ccc(S(=O)(=O)NC(CN)C2CCCC2)c(C)c1. The van der Waals surface area contributed by atoms with Gasteiger partial charge in [0, 0.05) is 12.6 Å². The fourth-order valence-corrected chi connectivity index (χ4v) is 4.60. The lowest BCUT2D eigenvalue weighted by molar-refractivity contribution is 0.405. The van der Waals surface area contributed by atoms with E-state index in [-0.39, 0.29) is 6.04 Å². The lowest BCUT2D eigenvalue weighted by atomic mass is 9.99. The van der Waals surface area contributed by atoms with Gasteiger partial charge in [0.05, 0.1) is 4.90 Å². The van der Waals surface area contributed by atoms with E-state index in [9.17, 15) is 8.42 Å². The highest BCUT2D eigenvalue weighted by atomic mass is 32.2. The van der Waals surface area contributed by atoms with E-state index in [1.165, 1.54) is 12.8 Å². The highest BCUT2D eigenvalue weighted by Gasteiger charge is 2.28. The standard InChI is InChI=1S/C15H24N2O2S/c1-11-7-8-15(12(2)9-11)20(18,19)17-14(10-16)13-5-3-4-6-13/h7-9,13-14,17H,3-6,10,16H2,1-2H3. The summed E-state index contributed by atoms with van der Waals surface area (Å²) in [4.78, 5) is 0.361. The van der Waals surface area contributed by atoms with Crippen LogP contribution >= 0.6 is 0 Å². The predicted molar refractivity (Wildman–Crippen MR) is 81.0 cm³/mol. The van der Waals surface area contributed by atoms with Gasteiger partial charge in [0.2, 0.25) is 10.0 Å². The Hall–Kier alpha value is -0.910. The molecular weight excluding hydrogens is 272 g/mol. The molecule has 0 spiro atoms. The van der Waals surface area contributed by atoms with Crippen molar-refractivity contribution >= 4 is 10.0 Å². The summed E-state index contributed by atoms with van der Waals surface area (Å²) in [5.41, 5.74) is 7.61. The highest BCUT2D eigenvalue weighted by molar-refractivity contribution is 7.89. The molecule has 1 aromatic carbocycles. The normalized spacial score (nSPS) is 18.4. The smallest absolute Gasteiger partial charge is 0.241 e. The fourth-order valence-electron chi connectivity index (χ4n) is 3.06. The third kappa shape index (κ3) is 3.40. The van der Waals surface area contributed by atoms with Crippen molar-refractivity contribution in [2.45, 2.75) is 50.5 Å². The molecule has 1 aromatic rings. The second-order valence-electron chi connectivity index (χ2n) is 5.78. The quantitative estimate of drug-likeness (QED) is 0.874. The Balaban J connectivity index is 2.21. The van der Waals surface area contributed by atoms with Crippen LogP contribution in [0.1, 0.15) is 36.8 Å². The molecule has 0 aromatic heterocycles. The highest BCUT2D eigenvalue weighted by Crippen LogP contribution is 2.28. The second kappa shape index (κ2) is 6.24. The van der Waals surface area contributed by atoms with E-state index in [0.717, 1.165) is 24.0 Å². The molecule has 1 saturated carbocycles.